The van der Waals surface area contributed by atoms with Crippen molar-refractivity contribution in [2.24, 2.45) is 0 Å². The number of carbonyl (C=O) groups is 1. The van der Waals surface area contributed by atoms with E-state index in [0.717, 1.165) is 25.7 Å². The lowest BCUT2D eigenvalue weighted by Gasteiger charge is -2.44. The van der Waals surface area contributed by atoms with Gasteiger partial charge in [-0.15, -0.1) is 6.58 Å². The first-order valence-corrected chi connectivity index (χ1v) is 11.2. The molecule has 32 heavy (non-hydrogen) atoms. The van der Waals surface area contributed by atoms with Crippen molar-refractivity contribution in [1.29, 1.82) is 0 Å². The lowest BCUT2D eigenvalue weighted by molar-refractivity contribution is -0.788. The van der Waals surface area contributed by atoms with Crippen LogP contribution in [0.4, 0.5) is 0 Å². The van der Waals surface area contributed by atoms with E-state index in [4.69, 9.17) is 14.3 Å². The molecule has 0 amide bonds. The minimum atomic E-state index is -1.24. The molecule has 2 aliphatic rings. The molecule has 2 aromatic rings. The van der Waals surface area contributed by atoms with Crippen LogP contribution in [0.15, 0.2) is 73.3 Å². The van der Waals surface area contributed by atoms with Gasteiger partial charge in [-0.2, -0.15) is 0 Å². The van der Waals surface area contributed by atoms with Crippen molar-refractivity contribution in [3.63, 3.8) is 0 Å². The van der Waals surface area contributed by atoms with Gasteiger partial charge in [0.25, 0.3) is 6.21 Å². The van der Waals surface area contributed by atoms with E-state index in [1.807, 2.05) is 24.3 Å². The summed E-state index contributed by atoms with van der Waals surface area (Å²) in [5.74, 6) is -1.52. The Morgan fingerprint density at radius 2 is 1.81 bits per heavy atom. The molecule has 1 saturated carbocycles. The molecule has 6 nitrogen and oxygen atoms in total. The van der Waals surface area contributed by atoms with Crippen molar-refractivity contribution < 1.29 is 24.0 Å². The summed E-state index contributed by atoms with van der Waals surface area (Å²) in [7, 11) is 0. The van der Waals surface area contributed by atoms with Gasteiger partial charge in [-0.3, -0.25) is 5.21 Å². The van der Waals surface area contributed by atoms with Gasteiger partial charge in [-0.25, -0.2) is 4.79 Å². The molecule has 1 aliphatic carbocycles. The Balaban J connectivity index is 1.53. The zero-order valence-electron chi connectivity index (χ0n) is 18.1. The van der Waals surface area contributed by atoms with Crippen molar-refractivity contribution in [1.82, 2.24) is 0 Å². The van der Waals surface area contributed by atoms with Crippen LogP contribution in [-0.4, -0.2) is 35.1 Å². The first-order chi connectivity index (χ1) is 15.6. The van der Waals surface area contributed by atoms with Crippen LogP contribution >= 0.6 is 0 Å². The van der Waals surface area contributed by atoms with E-state index >= 15 is 0 Å². The smallest absolute Gasteiger partial charge is 0.338 e. The molecule has 0 saturated heterocycles. The zero-order chi connectivity index (χ0) is 22.4. The van der Waals surface area contributed by atoms with Gasteiger partial charge in [-0.05, 0) is 30.5 Å². The molecule has 1 aliphatic heterocycles. The standard InChI is InChI=1S/C26H29NO5/c1-2-17-26(31-24-16-10-9-15-23(24)20-11-5-3-6-12-20)18-22(19-27(29)32-26)30-25(28)21-13-7-4-8-14-21/h2-8,11-14,19,22-24H,1,9-10,15-18H2/t22?,23-,24+,26?/m1/s1. The highest BCUT2D eigenvalue weighted by Crippen LogP contribution is 2.40. The van der Waals surface area contributed by atoms with Crippen molar-refractivity contribution >= 4 is 12.2 Å². The van der Waals surface area contributed by atoms with Crippen LogP contribution < -0.4 is 0 Å². The van der Waals surface area contributed by atoms with E-state index in [1.54, 1.807) is 30.3 Å². The molecule has 168 valence electrons. The third kappa shape index (κ3) is 5.19. The van der Waals surface area contributed by atoms with Crippen LogP contribution in [-0.2, 0) is 14.3 Å². The van der Waals surface area contributed by atoms with Crippen molar-refractivity contribution in [2.45, 2.75) is 62.4 Å². The van der Waals surface area contributed by atoms with Gasteiger partial charge in [0.2, 0.25) is 0 Å². The Kier molecular flexibility index (Phi) is 6.90. The van der Waals surface area contributed by atoms with E-state index in [0.29, 0.717) is 16.9 Å². The number of benzene rings is 2. The second-order valence-electron chi connectivity index (χ2n) is 8.40. The highest BCUT2D eigenvalue weighted by Gasteiger charge is 2.44. The summed E-state index contributed by atoms with van der Waals surface area (Å²) < 4.78 is 12.2. The van der Waals surface area contributed by atoms with Crippen LogP contribution in [0.25, 0.3) is 0 Å². The summed E-state index contributed by atoms with van der Waals surface area (Å²) in [5.41, 5.74) is 1.65. The number of carbonyl (C=O) groups excluding carboxylic acids is 1. The summed E-state index contributed by atoms with van der Waals surface area (Å²) in [4.78, 5) is 18.6. The van der Waals surface area contributed by atoms with E-state index < -0.39 is 17.9 Å². The SMILES string of the molecule is C=CCC1(O[C@H]2CCCC[C@@H]2c2ccccc2)CC(OC(=O)c2ccccc2)C=[N+]([O-])O1. The number of nitrogens with zero attached hydrogens (tertiary/aromatic N) is 1. The highest BCUT2D eigenvalue weighted by molar-refractivity contribution is 5.90. The van der Waals surface area contributed by atoms with Crippen LogP contribution in [0, 0.1) is 5.21 Å². The second kappa shape index (κ2) is 10.0. The maximum Gasteiger partial charge on any atom is 0.338 e. The lowest BCUT2D eigenvalue weighted by Crippen LogP contribution is -2.50. The maximum atomic E-state index is 12.6. The summed E-state index contributed by atoms with van der Waals surface area (Å²) in [6.07, 6.45) is 6.61. The van der Waals surface area contributed by atoms with Crippen molar-refractivity contribution in [3.8, 4) is 0 Å². The minimum absolute atomic E-state index is 0.108. The van der Waals surface area contributed by atoms with Gasteiger partial charge < -0.3 is 14.3 Å². The third-order valence-electron chi connectivity index (χ3n) is 6.08. The van der Waals surface area contributed by atoms with Gasteiger partial charge in [0.1, 0.15) is 0 Å². The summed E-state index contributed by atoms with van der Waals surface area (Å²) >= 11 is 0. The summed E-state index contributed by atoms with van der Waals surface area (Å²) in [6.45, 7) is 3.83. The predicted octanol–water partition coefficient (Wildman–Crippen LogP) is 5.14. The van der Waals surface area contributed by atoms with E-state index in [2.05, 4.69) is 18.7 Å². The zero-order valence-corrected chi connectivity index (χ0v) is 18.1. The molecule has 2 unspecified atom stereocenters. The van der Waals surface area contributed by atoms with Crippen molar-refractivity contribution in [2.75, 3.05) is 0 Å². The second-order valence-corrected chi connectivity index (χ2v) is 8.40. The van der Waals surface area contributed by atoms with Crippen LogP contribution in [0.5, 0.6) is 0 Å². The van der Waals surface area contributed by atoms with Gasteiger partial charge in [0.15, 0.2) is 11.9 Å². The number of hydrogen-bond donors (Lipinski definition) is 0. The van der Waals surface area contributed by atoms with Crippen LogP contribution in [0.3, 0.4) is 0 Å². The lowest BCUT2D eigenvalue weighted by atomic mass is 9.81. The Hall–Kier alpha value is -3.12. The normalized spacial score (nSPS) is 27.6. The molecule has 0 spiro atoms. The van der Waals surface area contributed by atoms with Gasteiger partial charge in [0, 0.05) is 23.7 Å². The van der Waals surface area contributed by atoms with Crippen molar-refractivity contribution in [3.05, 3.63) is 89.7 Å². The molecule has 0 radical (unpaired) electrons. The highest BCUT2D eigenvalue weighted by atomic mass is 16.9. The van der Waals surface area contributed by atoms with Crippen LogP contribution in [0.2, 0.25) is 0 Å². The average Bonchev–Trinajstić information content (AvgIpc) is 2.80. The quantitative estimate of drug-likeness (QED) is 0.342. The fourth-order valence-corrected chi connectivity index (χ4v) is 4.63. The molecule has 4 atom stereocenters. The van der Waals surface area contributed by atoms with E-state index in [1.165, 1.54) is 11.8 Å². The Morgan fingerprint density at radius 3 is 2.53 bits per heavy atom. The topological polar surface area (TPSA) is 70.8 Å². The Labute approximate surface area is 188 Å². The monoisotopic (exact) mass is 435 g/mol. The van der Waals surface area contributed by atoms with Gasteiger partial charge in [0.05, 0.1) is 11.7 Å². The molecule has 2 aromatic carbocycles. The molecule has 1 heterocycles. The fraction of sp³-hybridized carbons (Fsp3) is 0.385. The van der Waals surface area contributed by atoms with Crippen LogP contribution in [0.1, 0.15) is 60.4 Å². The maximum absolute atomic E-state index is 12.6. The first-order valence-electron chi connectivity index (χ1n) is 11.2. The van der Waals surface area contributed by atoms with Gasteiger partial charge >= 0.3 is 5.97 Å². The molecule has 1 fully saturated rings. The number of esters is 1. The number of ether oxygens (including phenoxy) is 2. The number of hydrogen-bond acceptors (Lipinski definition) is 5. The molecule has 0 N–H and O–H groups in total. The summed E-state index contributed by atoms with van der Waals surface area (Å²) in [5, 5.41) is 12.4. The number of rotatable bonds is 7. The third-order valence-corrected chi connectivity index (χ3v) is 6.08. The molecule has 4 rings (SSSR count). The predicted molar refractivity (Wildman–Crippen MR) is 121 cm³/mol. The fourth-order valence-electron chi connectivity index (χ4n) is 4.63. The largest absolute Gasteiger partial charge is 0.448 e. The molecule has 0 aromatic heterocycles. The minimum Gasteiger partial charge on any atom is -0.448 e. The van der Waals surface area contributed by atoms with Gasteiger partial charge in [-0.1, -0.05) is 67.4 Å². The summed E-state index contributed by atoms with van der Waals surface area (Å²) in [6, 6.07) is 19.0. The first kappa shape index (κ1) is 22.1. The molecule has 0 bridgehead atoms. The molecule has 6 heteroatoms. The molecular weight excluding hydrogens is 406 g/mol. The Morgan fingerprint density at radius 1 is 1.12 bits per heavy atom. The average molecular weight is 436 g/mol. The molecular formula is C26H29NO5. The van der Waals surface area contributed by atoms with E-state index in [9.17, 15) is 10.0 Å². The Bertz CT molecular complexity index is 945. The van der Waals surface area contributed by atoms with E-state index in [-0.39, 0.29) is 18.4 Å².